The molecule has 0 aromatic carbocycles. The van der Waals surface area contributed by atoms with E-state index >= 15 is 0 Å². The van der Waals surface area contributed by atoms with Crippen molar-refractivity contribution in [1.29, 1.82) is 0 Å². The molecule has 4 heteroatoms. The molecule has 0 unspecified atom stereocenters. The summed E-state index contributed by atoms with van der Waals surface area (Å²) in [4.78, 5) is 21.8. The highest BCUT2D eigenvalue weighted by atomic mass is 16.2. The van der Waals surface area contributed by atoms with Crippen molar-refractivity contribution in [2.75, 3.05) is 13.1 Å². The average Bonchev–Trinajstić information content (AvgIpc) is 2.10. The van der Waals surface area contributed by atoms with Crippen LogP contribution in [0.25, 0.3) is 0 Å². The van der Waals surface area contributed by atoms with Crippen molar-refractivity contribution in [2.45, 2.75) is 0 Å². The van der Waals surface area contributed by atoms with Gasteiger partial charge in [-0.3, -0.25) is 4.79 Å². The van der Waals surface area contributed by atoms with E-state index in [4.69, 9.17) is 6.42 Å². The molecule has 0 aliphatic rings. The molecule has 0 aliphatic heterocycles. The van der Waals surface area contributed by atoms with Gasteiger partial charge < -0.3 is 5.32 Å². The molecule has 0 saturated carbocycles. The summed E-state index contributed by atoms with van der Waals surface area (Å²) in [6, 6.07) is -0.567. The highest BCUT2D eigenvalue weighted by Crippen LogP contribution is 1.82. The van der Waals surface area contributed by atoms with Gasteiger partial charge in [-0.25, -0.2) is 9.69 Å². The zero-order valence-corrected chi connectivity index (χ0v) is 6.54. The Kier molecular flexibility index (Phi) is 5.11. The second-order valence-corrected chi connectivity index (χ2v) is 1.86. The summed E-state index contributed by atoms with van der Waals surface area (Å²) in [7, 11) is 0. The molecule has 1 N–H and O–H groups in total. The van der Waals surface area contributed by atoms with Gasteiger partial charge in [0.25, 0.3) is 0 Å². The molecule has 0 atom stereocenters. The van der Waals surface area contributed by atoms with Crippen LogP contribution < -0.4 is 5.32 Å². The Hall–Kier alpha value is -1.76. The molecule has 4 nitrogen and oxygen atoms in total. The van der Waals surface area contributed by atoms with Crippen LogP contribution in [0.5, 0.6) is 0 Å². The van der Waals surface area contributed by atoms with Crippen LogP contribution in [-0.2, 0) is 4.79 Å². The Bertz CT molecular complexity index is 218. The third-order valence-corrected chi connectivity index (χ3v) is 1.00. The standard InChI is InChI=1S/C8H9N2O2/c1-3-5-9-8(12)10(7-11)6-4-2/h2-3H,1,5-6H2,(H,9,12). The number of rotatable bonds is 4. The van der Waals surface area contributed by atoms with Crippen LogP contribution in [0, 0.1) is 12.3 Å². The van der Waals surface area contributed by atoms with Crippen molar-refractivity contribution < 1.29 is 9.59 Å². The number of amides is 3. The van der Waals surface area contributed by atoms with Gasteiger partial charge in [-0.2, -0.15) is 0 Å². The lowest BCUT2D eigenvalue weighted by molar-refractivity contribution is 0.223. The van der Waals surface area contributed by atoms with Gasteiger partial charge in [0.05, 0.1) is 6.54 Å². The van der Waals surface area contributed by atoms with E-state index in [9.17, 15) is 9.59 Å². The fraction of sp³-hybridized carbons (Fsp3) is 0.250. The van der Waals surface area contributed by atoms with Gasteiger partial charge in [-0.15, -0.1) is 13.0 Å². The Balaban J connectivity index is 3.95. The van der Waals surface area contributed by atoms with Crippen LogP contribution in [0.15, 0.2) is 12.7 Å². The van der Waals surface area contributed by atoms with Crippen molar-refractivity contribution in [3.05, 3.63) is 12.7 Å². The Labute approximate surface area is 71.2 Å². The van der Waals surface area contributed by atoms with Crippen LogP contribution in [0.3, 0.4) is 0 Å². The van der Waals surface area contributed by atoms with E-state index in [2.05, 4.69) is 17.8 Å². The minimum Gasteiger partial charge on any atom is -0.334 e. The fourth-order valence-corrected chi connectivity index (χ4v) is 0.492. The molecule has 0 aromatic heterocycles. The molecule has 0 heterocycles. The van der Waals surface area contributed by atoms with Crippen LogP contribution in [0.4, 0.5) is 4.79 Å². The normalized spacial score (nSPS) is 7.92. The highest BCUT2D eigenvalue weighted by Gasteiger charge is 2.09. The minimum atomic E-state index is -0.567. The predicted molar refractivity (Wildman–Crippen MR) is 44.8 cm³/mol. The molecule has 3 amide bonds. The quantitative estimate of drug-likeness (QED) is 0.359. The lowest BCUT2D eigenvalue weighted by atomic mass is 10.5. The number of urea groups is 1. The monoisotopic (exact) mass is 165 g/mol. The van der Waals surface area contributed by atoms with Crippen molar-refractivity contribution in [2.24, 2.45) is 0 Å². The Morgan fingerprint density at radius 3 is 2.83 bits per heavy atom. The summed E-state index contributed by atoms with van der Waals surface area (Å²) in [5, 5.41) is 2.38. The molecule has 0 aliphatic carbocycles. The molecule has 0 spiro atoms. The molecule has 0 saturated heterocycles. The van der Waals surface area contributed by atoms with E-state index in [1.165, 1.54) is 12.5 Å². The van der Waals surface area contributed by atoms with E-state index < -0.39 is 6.03 Å². The smallest absolute Gasteiger partial charge is 0.325 e. The molecule has 63 valence electrons. The number of terminal acetylenes is 1. The molecular formula is C8H9N2O2. The summed E-state index contributed by atoms with van der Waals surface area (Å²) in [5.41, 5.74) is 0. The number of nitrogens with zero attached hydrogens (tertiary/aromatic N) is 1. The van der Waals surface area contributed by atoms with E-state index in [1.54, 1.807) is 0 Å². The molecule has 12 heavy (non-hydrogen) atoms. The first-order valence-electron chi connectivity index (χ1n) is 3.23. The van der Waals surface area contributed by atoms with Gasteiger partial charge in [0.2, 0.25) is 0 Å². The molecule has 1 radical (unpaired) electrons. The lowest BCUT2D eigenvalue weighted by Crippen LogP contribution is -2.39. The van der Waals surface area contributed by atoms with Crippen LogP contribution in [0.1, 0.15) is 0 Å². The summed E-state index contributed by atoms with van der Waals surface area (Å²) in [6.45, 7) is 3.61. The van der Waals surface area contributed by atoms with Gasteiger partial charge in [0.15, 0.2) is 0 Å². The van der Waals surface area contributed by atoms with E-state index in [1.807, 2.05) is 0 Å². The number of nitrogens with one attached hydrogen (secondary N) is 1. The molecule has 0 rings (SSSR count). The van der Waals surface area contributed by atoms with Crippen LogP contribution in [0.2, 0.25) is 0 Å². The second-order valence-electron chi connectivity index (χ2n) is 1.86. The first kappa shape index (κ1) is 10.2. The first-order valence-corrected chi connectivity index (χ1v) is 3.23. The molecule has 0 aromatic rings. The minimum absolute atomic E-state index is 0.0769. The summed E-state index contributed by atoms with van der Waals surface area (Å²) < 4.78 is 0. The number of hydrogen-bond donors (Lipinski definition) is 1. The third kappa shape index (κ3) is 3.42. The maximum atomic E-state index is 10.9. The Morgan fingerprint density at radius 2 is 2.42 bits per heavy atom. The van der Waals surface area contributed by atoms with Gasteiger partial charge in [0.1, 0.15) is 0 Å². The van der Waals surface area contributed by atoms with Gasteiger partial charge in [-0.05, 0) is 0 Å². The van der Waals surface area contributed by atoms with Crippen molar-refractivity contribution in [3.8, 4) is 12.3 Å². The largest absolute Gasteiger partial charge is 0.334 e. The van der Waals surface area contributed by atoms with E-state index in [0.29, 0.717) is 6.54 Å². The topological polar surface area (TPSA) is 49.4 Å². The van der Waals surface area contributed by atoms with Crippen LogP contribution >= 0.6 is 0 Å². The predicted octanol–water partition coefficient (Wildman–Crippen LogP) is -0.116. The average molecular weight is 165 g/mol. The molecule has 0 bridgehead atoms. The van der Waals surface area contributed by atoms with Gasteiger partial charge >= 0.3 is 12.4 Å². The zero-order valence-electron chi connectivity index (χ0n) is 6.54. The summed E-state index contributed by atoms with van der Waals surface area (Å²) >= 11 is 0. The molecule has 0 fully saturated rings. The fourth-order valence-electron chi connectivity index (χ4n) is 0.492. The maximum Gasteiger partial charge on any atom is 0.325 e. The Morgan fingerprint density at radius 1 is 1.75 bits per heavy atom. The second kappa shape index (κ2) is 5.98. The van der Waals surface area contributed by atoms with Crippen molar-refractivity contribution >= 4 is 12.4 Å². The van der Waals surface area contributed by atoms with E-state index in [0.717, 1.165) is 4.90 Å². The summed E-state index contributed by atoms with van der Waals surface area (Å²) in [6.07, 6.45) is 7.80. The highest BCUT2D eigenvalue weighted by molar-refractivity contribution is 5.85. The number of carbonyl (C=O) groups is 1. The van der Waals surface area contributed by atoms with Crippen molar-refractivity contribution in [1.82, 2.24) is 10.2 Å². The van der Waals surface area contributed by atoms with E-state index in [-0.39, 0.29) is 6.54 Å². The summed E-state index contributed by atoms with van der Waals surface area (Å²) in [5.74, 6) is 2.15. The lowest BCUT2D eigenvalue weighted by Gasteiger charge is -2.10. The van der Waals surface area contributed by atoms with Crippen molar-refractivity contribution in [3.63, 3.8) is 0 Å². The first-order chi connectivity index (χ1) is 5.76. The third-order valence-electron chi connectivity index (χ3n) is 1.00. The number of carbonyl (C=O) groups excluding carboxylic acids is 2. The van der Waals surface area contributed by atoms with Gasteiger partial charge in [0, 0.05) is 6.54 Å². The number of imide groups is 1. The SMILES string of the molecule is C#CCN([C]=O)C(=O)NCC=C. The number of hydrogen-bond acceptors (Lipinski definition) is 2. The van der Waals surface area contributed by atoms with Gasteiger partial charge in [-0.1, -0.05) is 12.0 Å². The zero-order chi connectivity index (χ0) is 9.40. The maximum absolute atomic E-state index is 10.9. The molecular weight excluding hydrogens is 156 g/mol. The van der Waals surface area contributed by atoms with Crippen LogP contribution in [-0.4, -0.2) is 30.4 Å².